The highest BCUT2D eigenvalue weighted by Gasteiger charge is 2.19. The topological polar surface area (TPSA) is 102 Å². The molecule has 3 rings (SSSR count). The molecule has 1 aromatic heterocycles. The zero-order chi connectivity index (χ0) is 22.9. The van der Waals surface area contributed by atoms with Gasteiger partial charge in [-0.1, -0.05) is 24.3 Å². The van der Waals surface area contributed by atoms with E-state index in [-0.39, 0.29) is 5.57 Å². The molecule has 32 heavy (non-hydrogen) atoms. The summed E-state index contributed by atoms with van der Waals surface area (Å²) in [7, 11) is 0. The average Bonchev–Trinajstić information content (AvgIpc) is 3.19. The van der Waals surface area contributed by atoms with Crippen molar-refractivity contribution >= 4 is 34.6 Å². The number of rotatable bonds is 10. The molecule has 1 aromatic carbocycles. The third-order valence-electron chi connectivity index (χ3n) is 5.79. The molecule has 0 aliphatic carbocycles. The number of hydrogen-bond acceptors (Lipinski definition) is 6. The number of hydrogen-bond donors (Lipinski definition) is 3. The second kappa shape index (κ2) is 11.6. The molecule has 1 amide bonds. The first-order valence-corrected chi connectivity index (χ1v) is 11.1. The summed E-state index contributed by atoms with van der Waals surface area (Å²) in [5, 5.41) is 7.92. The number of fused-ring (bicyclic) bond motifs is 1. The van der Waals surface area contributed by atoms with E-state index in [1.165, 1.54) is 17.2 Å². The molecule has 2 aromatic rings. The fourth-order valence-corrected chi connectivity index (χ4v) is 4.05. The Balaban J connectivity index is 1.38. The van der Waals surface area contributed by atoms with Crippen LogP contribution in [0.5, 0.6) is 0 Å². The summed E-state index contributed by atoms with van der Waals surface area (Å²) in [4.78, 5) is 31.5. The van der Waals surface area contributed by atoms with Gasteiger partial charge in [0.15, 0.2) is 0 Å². The van der Waals surface area contributed by atoms with Gasteiger partial charge in [0.2, 0.25) is 0 Å². The van der Waals surface area contributed by atoms with Crippen molar-refractivity contribution in [3.8, 4) is 0 Å². The second-order valence-electron chi connectivity index (χ2n) is 7.84. The Labute approximate surface area is 192 Å². The van der Waals surface area contributed by atoms with E-state index in [4.69, 9.17) is 11.6 Å². The number of aromatic nitrogens is 1. The number of H-pyrrole nitrogens is 1. The summed E-state index contributed by atoms with van der Waals surface area (Å²) in [5.74, 6) is 0.635. The van der Waals surface area contributed by atoms with E-state index >= 15 is 0 Å². The molecule has 0 spiro atoms. The summed E-state index contributed by atoms with van der Waals surface area (Å²) in [6.07, 6.45) is 8.09. The molecule has 3 N–H and O–H groups in total. The molecule has 1 aliphatic heterocycles. The first-order valence-electron chi connectivity index (χ1n) is 10.7. The molecule has 0 atom stereocenters. The number of nitrogens with one attached hydrogen (secondary N) is 3. The van der Waals surface area contributed by atoms with Gasteiger partial charge >= 0.3 is 0 Å². The first kappa shape index (κ1) is 23.7. The van der Waals surface area contributed by atoms with Crippen molar-refractivity contribution in [3.63, 3.8) is 0 Å². The van der Waals surface area contributed by atoms with Crippen LogP contribution in [0.1, 0.15) is 25.3 Å². The van der Waals surface area contributed by atoms with Crippen molar-refractivity contribution in [2.24, 2.45) is 16.2 Å². The predicted molar refractivity (Wildman–Crippen MR) is 130 cm³/mol. The van der Waals surface area contributed by atoms with Gasteiger partial charge in [-0.15, -0.1) is 4.91 Å². The maximum absolute atomic E-state index is 11.7. The van der Waals surface area contributed by atoms with Crippen LogP contribution in [0, 0.1) is 10.8 Å². The van der Waals surface area contributed by atoms with E-state index in [1.807, 2.05) is 23.6 Å². The van der Waals surface area contributed by atoms with Crippen LogP contribution in [0.15, 0.2) is 58.7 Å². The minimum atomic E-state index is -0.584. The SMILES string of the molecule is C=C(/N=C\C(=C/C)C(=O)NN=O)N1CCC(CNCCc2c[nH]c3ccc(Cl)cc23)CC1. The molecular weight excluding hydrogens is 428 g/mol. The Kier molecular flexibility index (Phi) is 8.58. The van der Waals surface area contributed by atoms with Gasteiger partial charge < -0.3 is 15.2 Å². The number of benzene rings is 1. The lowest BCUT2D eigenvalue weighted by atomic mass is 9.97. The normalized spacial score (nSPS) is 15.4. The summed E-state index contributed by atoms with van der Waals surface area (Å²) in [5.41, 5.74) is 4.52. The maximum Gasteiger partial charge on any atom is 0.275 e. The van der Waals surface area contributed by atoms with Crippen LogP contribution in [0.2, 0.25) is 5.02 Å². The zero-order valence-electron chi connectivity index (χ0n) is 18.2. The molecule has 0 saturated carbocycles. The Morgan fingerprint density at radius 3 is 2.88 bits per heavy atom. The number of carbonyl (C=O) groups excluding carboxylic acids is 1. The van der Waals surface area contributed by atoms with Crippen molar-refractivity contribution in [1.29, 1.82) is 0 Å². The van der Waals surface area contributed by atoms with E-state index < -0.39 is 5.91 Å². The third kappa shape index (κ3) is 6.27. The van der Waals surface area contributed by atoms with Gasteiger partial charge in [0.05, 0.1) is 10.9 Å². The first-order chi connectivity index (χ1) is 15.5. The number of halogens is 1. The van der Waals surface area contributed by atoms with Crippen molar-refractivity contribution < 1.29 is 4.79 Å². The molecular formula is C23H29ClN6O2. The molecule has 0 unspecified atom stereocenters. The Morgan fingerprint density at radius 2 is 2.16 bits per heavy atom. The molecule has 0 bridgehead atoms. The molecule has 9 heteroatoms. The standard InChI is InChI=1S/C23H29ClN6O2/c1-3-18(23(31)28-29-32)14-26-16(2)30-10-7-17(8-11-30)13-25-9-6-19-15-27-22-5-4-20(24)12-21(19)22/h3-5,12,14-15,17,25,27H,2,6-11,13H2,1H3,(H,28,31,32)/b18-3+,26-14-. The number of aromatic amines is 1. The van der Waals surface area contributed by atoms with Crippen LogP contribution in [0.25, 0.3) is 10.9 Å². The van der Waals surface area contributed by atoms with Crippen LogP contribution in [-0.2, 0) is 11.2 Å². The summed E-state index contributed by atoms with van der Waals surface area (Å²) in [6, 6.07) is 5.92. The third-order valence-corrected chi connectivity index (χ3v) is 6.02. The fourth-order valence-electron chi connectivity index (χ4n) is 3.88. The number of carbonyl (C=O) groups is 1. The monoisotopic (exact) mass is 456 g/mol. The average molecular weight is 457 g/mol. The van der Waals surface area contributed by atoms with Crippen LogP contribution in [0.4, 0.5) is 0 Å². The summed E-state index contributed by atoms with van der Waals surface area (Å²) in [6.45, 7) is 9.34. The van der Waals surface area contributed by atoms with Crippen molar-refractivity contribution in [1.82, 2.24) is 20.6 Å². The van der Waals surface area contributed by atoms with Gasteiger partial charge in [0.1, 0.15) is 5.82 Å². The predicted octanol–water partition coefficient (Wildman–Crippen LogP) is 3.95. The van der Waals surface area contributed by atoms with Gasteiger partial charge in [0.25, 0.3) is 5.91 Å². The van der Waals surface area contributed by atoms with Crippen molar-refractivity contribution in [2.45, 2.75) is 26.2 Å². The van der Waals surface area contributed by atoms with Gasteiger partial charge in [0, 0.05) is 41.4 Å². The van der Waals surface area contributed by atoms with Crippen LogP contribution in [0.3, 0.4) is 0 Å². The number of nitrogens with zero attached hydrogens (tertiary/aromatic N) is 3. The maximum atomic E-state index is 11.7. The highest BCUT2D eigenvalue weighted by Crippen LogP contribution is 2.23. The highest BCUT2D eigenvalue weighted by atomic mass is 35.5. The van der Waals surface area contributed by atoms with E-state index in [2.05, 4.69) is 38.3 Å². The fraction of sp³-hybridized carbons (Fsp3) is 0.391. The number of allylic oxidation sites excluding steroid dienone is 1. The zero-order valence-corrected chi connectivity index (χ0v) is 19.0. The van der Waals surface area contributed by atoms with E-state index in [0.717, 1.165) is 56.0 Å². The summed E-state index contributed by atoms with van der Waals surface area (Å²) < 4.78 is 0. The molecule has 1 fully saturated rings. The Hall–Kier alpha value is -2.97. The molecule has 1 saturated heterocycles. The minimum Gasteiger partial charge on any atom is -0.361 e. The molecule has 8 nitrogen and oxygen atoms in total. The molecule has 2 heterocycles. The lowest BCUT2D eigenvalue weighted by Gasteiger charge is -2.33. The van der Waals surface area contributed by atoms with Crippen LogP contribution < -0.4 is 10.7 Å². The van der Waals surface area contributed by atoms with Gasteiger partial charge in [-0.3, -0.25) is 4.79 Å². The number of piperidine rings is 1. The molecule has 170 valence electrons. The second-order valence-corrected chi connectivity index (χ2v) is 8.28. The highest BCUT2D eigenvalue weighted by molar-refractivity contribution is 6.31. The van der Waals surface area contributed by atoms with E-state index in [1.54, 1.807) is 13.0 Å². The van der Waals surface area contributed by atoms with Crippen molar-refractivity contribution in [2.75, 3.05) is 26.2 Å². The van der Waals surface area contributed by atoms with Crippen LogP contribution in [-0.4, -0.2) is 48.2 Å². The Bertz CT molecular complexity index is 1020. The van der Waals surface area contributed by atoms with Crippen LogP contribution >= 0.6 is 11.6 Å². The largest absolute Gasteiger partial charge is 0.361 e. The lowest BCUT2D eigenvalue weighted by Crippen LogP contribution is -2.36. The van der Waals surface area contributed by atoms with Crippen molar-refractivity contribution in [3.05, 3.63) is 63.9 Å². The van der Waals surface area contributed by atoms with Gasteiger partial charge in [-0.25, -0.2) is 10.4 Å². The van der Waals surface area contributed by atoms with E-state index in [9.17, 15) is 9.70 Å². The number of amides is 1. The number of nitroso groups, excluding NO2 is 1. The summed E-state index contributed by atoms with van der Waals surface area (Å²) >= 11 is 6.13. The quantitative estimate of drug-likeness (QED) is 0.165. The number of likely N-dealkylation sites (tertiary alicyclic amines) is 1. The Morgan fingerprint density at radius 1 is 1.38 bits per heavy atom. The van der Waals surface area contributed by atoms with Gasteiger partial charge in [-0.05, 0) is 69.0 Å². The smallest absolute Gasteiger partial charge is 0.275 e. The number of aliphatic imine (C=N–C) groups is 1. The van der Waals surface area contributed by atoms with E-state index in [0.29, 0.717) is 11.7 Å². The molecule has 0 radical (unpaired) electrons. The van der Waals surface area contributed by atoms with Gasteiger partial charge in [-0.2, -0.15) is 0 Å². The molecule has 1 aliphatic rings. The minimum absolute atomic E-state index is 0.266. The lowest BCUT2D eigenvalue weighted by molar-refractivity contribution is -0.117.